The molecule has 0 amide bonds. The van der Waals surface area contributed by atoms with Crippen LogP contribution in [0.4, 0.5) is 0 Å². The van der Waals surface area contributed by atoms with Gasteiger partial charge in [0.2, 0.25) is 0 Å². The van der Waals surface area contributed by atoms with Gasteiger partial charge in [0.05, 0.1) is 18.5 Å². The van der Waals surface area contributed by atoms with Crippen molar-refractivity contribution in [3.63, 3.8) is 0 Å². The third-order valence-electron chi connectivity index (χ3n) is 0.731. The Balaban J connectivity index is 2.08. The van der Waals surface area contributed by atoms with Crippen LogP contribution in [0.25, 0.3) is 0 Å². The van der Waals surface area contributed by atoms with Crippen molar-refractivity contribution in [3.05, 3.63) is 0 Å². The molecule has 42 valence electrons. The Labute approximate surface area is 44.0 Å². The van der Waals surface area contributed by atoms with E-state index in [1.165, 1.54) is 0 Å². The summed E-state index contributed by atoms with van der Waals surface area (Å²) in [5.74, 6) is 0.278. The summed E-state index contributed by atoms with van der Waals surface area (Å²) in [7, 11) is 0. The van der Waals surface area contributed by atoms with Crippen molar-refractivity contribution >= 4 is 11.1 Å². The van der Waals surface area contributed by atoms with Crippen LogP contribution < -0.4 is 0 Å². The topological polar surface area (TPSA) is 49.8 Å². The second kappa shape index (κ2) is 1.90. The average Bonchev–Trinajstić information content (AvgIpc) is 2.17. The lowest BCUT2D eigenvalue weighted by Crippen LogP contribution is -2.00. The molecule has 1 aliphatic rings. The van der Waals surface area contributed by atoms with Crippen LogP contribution in [-0.4, -0.2) is 27.2 Å². The Kier molecular flexibility index (Phi) is 1.41. The molecule has 1 heterocycles. The molecule has 0 aliphatic carbocycles. The minimum absolute atomic E-state index is 0.0748. The van der Waals surface area contributed by atoms with Crippen molar-refractivity contribution in [2.45, 2.75) is 6.10 Å². The van der Waals surface area contributed by atoms with Crippen LogP contribution in [0.2, 0.25) is 0 Å². The molecular formula is C3H6O3S. The van der Waals surface area contributed by atoms with Gasteiger partial charge in [0, 0.05) is 0 Å². The lowest BCUT2D eigenvalue weighted by atomic mass is 10.6. The van der Waals surface area contributed by atoms with Crippen molar-refractivity contribution < 1.29 is 13.5 Å². The quantitative estimate of drug-likeness (QED) is 0.400. The van der Waals surface area contributed by atoms with Crippen LogP contribution in [0.3, 0.4) is 0 Å². The predicted molar refractivity (Wildman–Crippen MR) is 25.4 cm³/mol. The fourth-order valence-corrected chi connectivity index (χ4v) is 0.834. The maximum atomic E-state index is 9.88. The zero-order chi connectivity index (χ0) is 5.28. The molecule has 1 aliphatic heterocycles. The Morgan fingerprint density at radius 2 is 2.57 bits per heavy atom. The van der Waals surface area contributed by atoms with E-state index < -0.39 is 11.1 Å². The van der Waals surface area contributed by atoms with Crippen molar-refractivity contribution in [1.82, 2.24) is 0 Å². The zero-order valence-corrected chi connectivity index (χ0v) is 4.48. The summed E-state index contributed by atoms with van der Waals surface area (Å²) >= 11 is -1.66. The van der Waals surface area contributed by atoms with Gasteiger partial charge < -0.3 is 9.29 Å². The Morgan fingerprint density at radius 1 is 2.00 bits per heavy atom. The normalized spacial score (nSPS) is 32.4. The summed E-state index contributed by atoms with van der Waals surface area (Å²) in [5, 5.41) is 0. The van der Waals surface area contributed by atoms with Crippen LogP contribution >= 0.6 is 0 Å². The molecule has 0 spiro atoms. The summed E-state index contributed by atoms with van der Waals surface area (Å²) in [6.45, 7) is 0.659. The van der Waals surface area contributed by atoms with Crippen LogP contribution in [-0.2, 0) is 15.8 Å². The summed E-state index contributed by atoms with van der Waals surface area (Å²) in [6, 6.07) is 0. The van der Waals surface area contributed by atoms with Gasteiger partial charge in [0.15, 0.2) is 11.1 Å². The van der Waals surface area contributed by atoms with Gasteiger partial charge in [-0.05, 0) is 0 Å². The largest absolute Gasteiger partial charge is 0.372 e. The molecule has 1 saturated heterocycles. The molecule has 0 aromatic carbocycles. The standard InChI is InChI=1S/C3H6O3S/c4-7(5)2-3-1-6-3/h3H,1-2H2,(H,4,5). The van der Waals surface area contributed by atoms with Crippen LogP contribution in [0, 0.1) is 0 Å². The van der Waals surface area contributed by atoms with E-state index in [-0.39, 0.29) is 11.9 Å². The highest BCUT2D eigenvalue weighted by Crippen LogP contribution is 2.08. The van der Waals surface area contributed by atoms with E-state index in [0.717, 1.165) is 0 Å². The Morgan fingerprint density at radius 3 is 2.71 bits per heavy atom. The summed E-state index contributed by atoms with van der Waals surface area (Å²) < 4.78 is 22.7. The van der Waals surface area contributed by atoms with Gasteiger partial charge in [0.25, 0.3) is 0 Å². The van der Waals surface area contributed by atoms with Gasteiger partial charge in [0.1, 0.15) is 0 Å². The molecule has 2 atom stereocenters. The minimum Gasteiger partial charge on any atom is -0.372 e. The highest BCUT2D eigenvalue weighted by atomic mass is 32.2. The fourth-order valence-electron chi connectivity index (χ4n) is 0.323. The molecule has 3 nitrogen and oxygen atoms in total. The molecule has 1 fully saturated rings. The van der Waals surface area contributed by atoms with Gasteiger partial charge in [-0.3, -0.25) is 0 Å². The summed E-state index contributed by atoms with van der Waals surface area (Å²) in [4.78, 5) is 0. The lowest BCUT2D eigenvalue weighted by Gasteiger charge is -1.81. The SMILES string of the molecule is O=S(O)CC1CO1. The van der Waals surface area contributed by atoms with Gasteiger partial charge >= 0.3 is 0 Å². The third-order valence-corrected chi connectivity index (χ3v) is 1.39. The van der Waals surface area contributed by atoms with E-state index in [0.29, 0.717) is 6.61 Å². The van der Waals surface area contributed by atoms with Crippen LogP contribution in [0.15, 0.2) is 0 Å². The first-order valence-corrected chi connectivity index (χ1v) is 3.25. The maximum Gasteiger partial charge on any atom is 0.155 e. The molecule has 0 aromatic heterocycles. The van der Waals surface area contributed by atoms with Crippen molar-refractivity contribution in [3.8, 4) is 0 Å². The van der Waals surface area contributed by atoms with Crippen LogP contribution in [0.5, 0.6) is 0 Å². The molecule has 1 N–H and O–H groups in total. The summed E-state index contributed by atoms with van der Waals surface area (Å²) in [6.07, 6.45) is 0.0748. The van der Waals surface area contributed by atoms with E-state index >= 15 is 0 Å². The van der Waals surface area contributed by atoms with Gasteiger partial charge in [-0.25, -0.2) is 4.21 Å². The number of rotatable bonds is 2. The second-order valence-electron chi connectivity index (χ2n) is 1.44. The van der Waals surface area contributed by atoms with E-state index in [1.54, 1.807) is 0 Å². The van der Waals surface area contributed by atoms with Crippen molar-refractivity contribution in [2.24, 2.45) is 0 Å². The van der Waals surface area contributed by atoms with E-state index in [1.807, 2.05) is 0 Å². The number of hydrogen-bond donors (Lipinski definition) is 1. The van der Waals surface area contributed by atoms with Crippen LogP contribution in [0.1, 0.15) is 0 Å². The van der Waals surface area contributed by atoms with Gasteiger partial charge in [-0.2, -0.15) is 0 Å². The zero-order valence-electron chi connectivity index (χ0n) is 3.66. The monoisotopic (exact) mass is 122 g/mol. The second-order valence-corrected chi connectivity index (χ2v) is 2.42. The molecule has 1 rings (SSSR count). The van der Waals surface area contributed by atoms with E-state index in [4.69, 9.17) is 4.55 Å². The Bertz CT molecular complexity index is 88.2. The molecule has 4 heteroatoms. The van der Waals surface area contributed by atoms with E-state index in [9.17, 15) is 4.21 Å². The Hall–Kier alpha value is 0.0700. The molecule has 0 aromatic rings. The van der Waals surface area contributed by atoms with Crippen molar-refractivity contribution in [2.75, 3.05) is 12.4 Å². The van der Waals surface area contributed by atoms with Gasteiger partial charge in [-0.1, -0.05) is 0 Å². The third kappa shape index (κ3) is 2.01. The van der Waals surface area contributed by atoms with E-state index in [2.05, 4.69) is 4.74 Å². The predicted octanol–water partition coefficient (Wildman–Crippen LogP) is -0.393. The minimum atomic E-state index is -1.66. The molecular weight excluding hydrogens is 116 g/mol. The number of epoxide rings is 1. The molecule has 0 saturated carbocycles. The summed E-state index contributed by atoms with van der Waals surface area (Å²) in [5.41, 5.74) is 0. The molecule has 0 bridgehead atoms. The average molecular weight is 122 g/mol. The molecule has 0 radical (unpaired) electrons. The maximum absolute atomic E-state index is 9.88. The van der Waals surface area contributed by atoms with Crippen molar-refractivity contribution in [1.29, 1.82) is 0 Å². The first-order chi connectivity index (χ1) is 3.29. The lowest BCUT2D eigenvalue weighted by molar-refractivity contribution is 0.421. The first-order valence-electron chi connectivity index (χ1n) is 1.98. The highest BCUT2D eigenvalue weighted by molar-refractivity contribution is 7.79. The fraction of sp³-hybridized carbons (Fsp3) is 1.00. The number of ether oxygens (including phenoxy) is 1. The van der Waals surface area contributed by atoms with Gasteiger partial charge in [-0.15, -0.1) is 0 Å². The first kappa shape index (κ1) is 5.21. The molecule has 7 heavy (non-hydrogen) atoms. The molecule has 2 unspecified atom stereocenters. The smallest absolute Gasteiger partial charge is 0.155 e. The highest BCUT2D eigenvalue weighted by Gasteiger charge is 2.24. The number of hydrogen-bond acceptors (Lipinski definition) is 2.